The highest BCUT2D eigenvalue weighted by Gasteiger charge is 2.33. The van der Waals surface area contributed by atoms with Gasteiger partial charge in [-0.25, -0.2) is 26.8 Å². The maximum atomic E-state index is 13.0. The van der Waals surface area contributed by atoms with E-state index in [1.54, 1.807) is 7.05 Å². The molecule has 8 nitrogen and oxygen atoms in total. The van der Waals surface area contributed by atoms with Gasteiger partial charge in [-0.15, -0.1) is 0 Å². The molecule has 0 bridgehead atoms. The van der Waals surface area contributed by atoms with Gasteiger partial charge < -0.3 is 9.30 Å². The number of alkyl halides is 3. The Balaban J connectivity index is 2.12. The van der Waals surface area contributed by atoms with E-state index in [0.29, 0.717) is 5.52 Å². The van der Waals surface area contributed by atoms with Gasteiger partial charge in [-0.05, 0) is 24.3 Å². The molecule has 13 heteroatoms. The molecular weight excluding hydrogens is 471 g/mol. The number of halogens is 3. The van der Waals surface area contributed by atoms with Gasteiger partial charge in [0.1, 0.15) is 23.9 Å². The van der Waals surface area contributed by atoms with Crippen LogP contribution < -0.4 is 4.74 Å². The lowest BCUT2D eigenvalue weighted by Crippen LogP contribution is -2.13. The third kappa shape index (κ3) is 5.04. The zero-order valence-corrected chi connectivity index (χ0v) is 19.0. The summed E-state index contributed by atoms with van der Waals surface area (Å²) in [4.78, 5) is 7.53. The number of pyridine rings is 1. The molecule has 0 saturated heterocycles. The van der Waals surface area contributed by atoms with Crippen molar-refractivity contribution in [1.29, 1.82) is 0 Å². The SMILES string of the molecule is CCS(=O)(=O)c1cc(OCCS(C)(=O)=O)ccc1-c1nc2cc(C(F)(F)F)ncc2n1C. The molecule has 0 aliphatic carbocycles. The molecule has 2 aromatic heterocycles. The molecule has 0 spiro atoms. The molecule has 0 aliphatic rings. The molecule has 174 valence electrons. The summed E-state index contributed by atoms with van der Waals surface area (Å²) >= 11 is 0. The van der Waals surface area contributed by atoms with E-state index in [0.717, 1.165) is 18.5 Å². The molecule has 0 unspecified atom stereocenters. The molecule has 2 heterocycles. The molecule has 1 aromatic carbocycles. The lowest BCUT2D eigenvalue weighted by molar-refractivity contribution is -0.141. The van der Waals surface area contributed by atoms with Gasteiger partial charge in [0, 0.05) is 18.9 Å². The minimum Gasteiger partial charge on any atom is -0.492 e. The lowest BCUT2D eigenvalue weighted by Gasteiger charge is -2.13. The third-order valence-electron chi connectivity index (χ3n) is 4.69. The number of hydrogen-bond acceptors (Lipinski definition) is 7. The first-order chi connectivity index (χ1) is 14.7. The molecule has 0 radical (unpaired) electrons. The van der Waals surface area contributed by atoms with Gasteiger partial charge in [0.15, 0.2) is 19.7 Å². The number of fused-ring (bicyclic) bond motifs is 1. The van der Waals surface area contributed by atoms with E-state index in [1.165, 1.54) is 29.7 Å². The normalized spacial score (nSPS) is 12.9. The van der Waals surface area contributed by atoms with E-state index in [1.807, 2.05) is 0 Å². The number of rotatable bonds is 7. The summed E-state index contributed by atoms with van der Waals surface area (Å²) in [5, 5.41) is 0. The van der Waals surface area contributed by atoms with E-state index < -0.39 is 31.5 Å². The monoisotopic (exact) mass is 491 g/mol. The van der Waals surface area contributed by atoms with Crippen molar-refractivity contribution in [2.24, 2.45) is 7.05 Å². The Hall–Kier alpha value is -2.67. The molecule has 0 fully saturated rings. The highest BCUT2D eigenvalue weighted by Crippen LogP contribution is 2.34. The van der Waals surface area contributed by atoms with Crippen LogP contribution in [-0.4, -0.2) is 55.7 Å². The van der Waals surface area contributed by atoms with Crippen molar-refractivity contribution in [3.8, 4) is 17.1 Å². The molecule has 3 aromatic rings. The van der Waals surface area contributed by atoms with Crippen LogP contribution in [0.25, 0.3) is 22.4 Å². The van der Waals surface area contributed by atoms with Gasteiger partial charge in [0.05, 0.1) is 33.6 Å². The number of imidazole rings is 1. The fraction of sp³-hybridized carbons (Fsp3) is 0.368. The van der Waals surface area contributed by atoms with Crippen LogP contribution in [0.1, 0.15) is 12.6 Å². The molecule has 0 amide bonds. The lowest BCUT2D eigenvalue weighted by atomic mass is 10.2. The second kappa shape index (κ2) is 8.35. The Labute approximate surface area is 182 Å². The molecule has 0 saturated carbocycles. The summed E-state index contributed by atoms with van der Waals surface area (Å²) in [6.45, 7) is 1.28. The van der Waals surface area contributed by atoms with Crippen LogP contribution in [0.15, 0.2) is 35.4 Å². The van der Waals surface area contributed by atoms with Gasteiger partial charge in [-0.1, -0.05) is 6.92 Å². The van der Waals surface area contributed by atoms with Crippen molar-refractivity contribution in [1.82, 2.24) is 14.5 Å². The van der Waals surface area contributed by atoms with E-state index >= 15 is 0 Å². The molecule has 0 N–H and O–H groups in total. The summed E-state index contributed by atoms with van der Waals surface area (Å²) in [5.41, 5.74) is -0.625. The zero-order chi connectivity index (χ0) is 23.9. The smallest absolute Gasteiger partial charge is 0.433 e. The second-order valence-corrected chi connectivity index (χ2v) is 11.6. The van der Waals surface area contributed by atoms with Crippen molar-refractivity contribution in [3.05, 3.63) is 36.2 Å². The maximum absolute atomic E-state index is 13.0. The van der Waals surface area contributed by atoms with Gasteiger partial charge in [-0.2, -0.15) is 13.2 Å². The van der Waals surface area contributed by atoms with Crippen LogP contribution in [0.4, 0.5) is 13.2 Å². The number of hydrogen-bond donors (Lipinski definition) is 0. The Bertz CT molecular complexity index is 1380. The van der Waals surface area contributed by atoms with Crippen LogP contribution in [-0.2, 0) is 32.9 Å². The van der Waals surface area contributed by atoms with Gasteiger partial charge in [0.2, 0.25) is 0 Å². The topological polar surface area (TPSA) is 108 Å². The van der Waals surface area contributed by atoms with Crippen LogP contribution >= 0.6 is 0 Å². The van der Waals surface area contributed by atoms with Crippen molar-refractivity contribution < 1.29 is 34.7 Å². The van der Waals surface area contributed by atoms with E-state index in [4.69, 9.17) is 4.74 Å². The number of nitrogens with zero attached hydrogens (tertiary/aromatic N) is 3. The average Bonchev–Trinajstić information content (AvgIpc) is 3.02. The summed E-state index contributed by atoms with van der Waals surface area (Å²) in [5.74, 6) is -0.208. The first-order valence-electron chi connectivity index (χ1n) is 9.30. The number of aromatic nitrogens is 3. The van der Waals surface area contributed by atoms with E-state index in [9.17, 15) is 30.0 Å². The zero-order valence-electron chi connectivity index (χ0n) is 17.3. The van der Waals surface area contributed by atoms with Crippen molar-refractivity contribution in [3.63, 3.8) is 0 Å². The van der Waals surface area contributed by atoms with Crippen LogP contribution in [0.3, 0.4) is 0 Å². The first kappa shape index (κ1) is 24.0. The van der Waals surface area contributed by atoms with E-state index in [2.05, 4.69) is 9.97 Å². The van der Waals surface area contributed by atoms with Crippen molar-refractivity contribution in [2.45, 2.75) is 18.0 Å². The number of aryl methyl sites for hydroxylation is 1. The molecule has 3 rings (SSSR count). The maximum Gasteiger partial charge on any atom is 0.433 e. The largest absolute Gasteiger partial charge is 0.492 e. The Morgan fingerprint density at radius 2 is 1.81 bits per heavy atom. The summed E-state index contributed by atoms with van der Waals surface area (Å²) in [7, 11) is -5.51. The van der Waals surface area contributed by atoms with Gasteiger partial charge in [0.25, 0.3) is 0 Å². The van der Waals surface area contributed by atoms with E-state index in [-0.39, 0.29) is 45.7 Å². The predicted molar refractivity (Wildman–Crippen MR) is 112 cm³/mol. The molecule has 0 atom stereocenters. The van der Waals surface area contributed by atoms with Crippen LogP contribution in [0, 0.1) is 0 Å². The number of benzene rings is 1. The Kier molecular flexibility index (Phi) is 6.26. The second-order valence-electron chi connectivity index (χ2n) is 7.09. The first-order valence-corrected chi connectivity index (χ1v) is 13.0. The summed E-state index contributed by atoms with van der Waals surface area (Å²) < 4.78 is 93.9. The van der Waals surface area contributed by atoms with Crippen LogP contribution in [0.2, 0.25) is 0 Å². The molecular formula is C19H20F3N3O5S2. The van der Waals surface area contributed by atoms with Gasteiger partial charge in [-0.3, -0.25) is 0 Å². The minimum absolute atomic E-state index is 0.0122. The number of ether oxygens (including phenoxy) is 1. The van der Waals surface area contributed by atoms with Gasteiger partial charge >= 0.3 is 6.18 Å². The Morgan fingerprint density at radius 3 is 2.41 bits per heavy atom. The third-order valence-corrected chi connectivity index (χ3v) is 7.37. The highest BCUT2D eigenvalue weighted by atomic mass is 32.2. The molecule has 32 heavy (non-hydrogen) atoms. The quantitative estimate of drug-likeness (QED) is 0.500. The minimum atomic E-state index is -4.65. The van der Waals surface area contributed by atoms with Crippen LogP contribution in [0.5, 0.6) is 5.75 Å². The standard InChI is InChI=1S/C19H20F3N3O5S2/c1-4-32(28,29)16-9-12(30-7-8-31(3,26)27)5-6-13(16)18-24-14-10-17(19(20,21)22)23-11-15(14)25(18)2/h5-6,9-11H,4,7-8H2,1-3H3. The highest BCUT2D eigenvalue weighted by molar-refractivity contribution is 7.91. The Morgan fingerprint density at radius 1 is 1.12 bits per heavy atom. The fourth-order valence-corrected chi connectivity index (χ4v) is 4.47. The predicted octanol–water partition coefficient (Wildman–Crippen LogP) is 2.87. The summed E-state index contributed by atoms with van der Waals surface area (Å²) in [6, 6.07) is 4.94. The number of sulfone groups is 2. The van der Waals surface area contributed by atoms with Crippen molar-refractivity contribution in [2.75, 3.05) is 24.4 Å². The molecule has 0 aliphatic heterocycles. The van der Waals surface area contributed by atoms with Crippen molar-refractivity contribution >= 4 is 30.7 Å². The fourth-order valence-electron chi connectivity index (χ4n) is 2.99. The summed E-state index contributed by atoms with van der Waals surface area (Å²) in [6.07, 6.45) is -2.56. The average molecular weight is 492 g/mol.